The number of aromatic nitrogens is 1. The number of halogens is 1. The van der Waals surface area contributed by atoms with Gasteiger partial charge in [0.05, 0.1) is 7.11 Å². The van der Waals surface area contributed by atoms with Crippen LogP contribution < -0.4 is 14.2 Å². The second kappa shape index (κ2) is 8.70. The largest absolute Gasteiger partial charge is 0.493 e. The predicted octanol–water partition coefficient (Wildman–Crippen LogP) is 3.37. The number of hydrogen-bond donors (Lipinski definition) is 0. The van der Waals surface area contributed by atoms with Crippen LogP contribution >= 0.6 is 15.9 Å². The van der Waals surface area contributed by atoms with E-state index >= 15 is 0 Å². The van der Waals surface area contributed by atoms with Gasteiger partial charge in [-0.2, -0.15) is 5.26 Å². The van der Waals surface area contributed by atoms with Gasteiger partial charge in [-0.05, 0) is 51.8 Å². The first-order valence-corrected chi connectivity index (χ1v) is 7.61. The van der Waals surface area contributed by atoms with Gasteiger partial charge < -0.3 is 14.2 Å². The van der Waals surface area contributed by atoms with E-state index < -0.39 is 5.97 Å². The van der Waals surface area contributed by atoms with E-state index in [1.807, 2.05) is 6.07 Å². The van der Waals surface area contributed by atoms with Gasteiger partial charge >= 0.3 is 5.97 Å². The molecule has 24 heavy (non-hydrogen) atoms. The fourth-order valence-corrected chi connectivity index (χ4v) is 2.10. The molecule has 0 saturated carbocycles. The van der Waals surface area contributed by atoms with E-state index in [0.29, 0.717) is 21.9 Å². The number of esters is 1. The summed E-state index contributed by atoms with van der Waals surface area (Å²) in [4.78, 5) is 15.8. The fourth-order valence-electron chi connectivity index (χ4n) is 1.77. The average Bonchev–Trinajstić information content (AvgIpc) is 2.60. The summed E-state index contributed by atoms with van der Waals surface area (Å²) in [5.74, 6) is 0.728. The van der Waals surface area contributed by atoms with Gasteiger partial charge in [-0.25, -0.2) is 9.78 Å². The maximum atomic E-state index is 11.9. The van der Waals surface area contributed by atoms with Gasteiger partial charge in [-0.1, -0.05) is 6.07 Å². The second-order valence-corrected chi connectivity index (χ2v) is 5.16. The zero-order valence-electron chi connectivity index (χ0n) is 12.7. The Bertz CT molecular complexity index is 799. The smallest absolute Gasteiger partial charge is 0.336 e. The Hall–Kier alpha value is -2.85. The molecule has 2 aromatic rings. The van der Waals surface area contributed by atoms with Crippen molar-refractivity contribution in [1.29, 1.82) is 5.26 Å². The number of benzene rings is 1. The molecule has 0 atom stereocenters. The van der Waals surface area contributed by atoms with Crippen LogP contribution in [0.3, 0.4) is 0 Å². The first kappa shape index (κ1) is 17.5. The number of carbonyl (C=O) groups excluding carboxylic acids is 1. The molecule has 0 spiro atoms. The third-order valence-corrected chi connectivity index (χ3v) is 3.42. The summed E-state index contributed by atoms with van der Waals surface area (Å²) >= 11 is 3.20. The Morgan fingerprint density at radius 1 is 1.33 bits per heavy atom. The lowest BCUT2D eigenvalue weighted by atomic mass is 10.2. The summed E-state index contributed by atoms with van der Waals surface area (Å²) in [6.07, 6.45) is 4.46. The number of carbonyl (C=O) groups is 1. The number of hydrogen-bond acceptors (Lipinski definition) is 6. The Labute approximate surface area is 147 Å². The van der Waals surface area contributed by atoms with Crippen LogP contribution in [0, 0.1) is 11.3 Å². The summed E-state index contributed by atoms with van der Waals surface area (Å²) in [6, 6.07) is 10.3. The summed E-state index contributed by atoms with van der Waals surface area (Å²) < 4.78 is 16.1. The van der Waals surface area contributed by atoms with Crippen LogP contribution in [0.15, 0.2) is 47.2 Å². The van der Waals surface area contributed by atoms with Crippen molar-refractivity contribution in [2.45, 2.75) is 0 Å². The van der Waals surface area contributed by atoms with Crippen LogP contribution in [-0.4, -0.2) is 24.7 Å². The van der Waals surface area contributed by atoms with E-state index in [1.54, 1.807) is 42.6 Å². The molecule has 0 bridgehead atoms. The van der Waals surface area contributed by atoms with Crippen molar-refractivity contribution < 1.29 is 19.0 Å². The molecule has 0 N–H and O–H groups in total. The quantitative estimate of drug-likeness (QED) is 0.428. The maximum Gasteiger partial charge on any atom is 0.336 e. The van der Waals surface area contributed by atoms with Crippen molar-refractivity contribution in [3.8, 4) is 23.3 Å². The van der Waals surface area contributed by atoms with Crippen molar-refractivity contribution in [1.82, 2.24) is 4.98 Å². The average molecular weight is 389 g/mol. The first-order valence-electron chi connectivity index (χ1n) is 6.82. The lowest BCUT2D eigenvalue weighted by molar-refractivity contribution is -0.128. The number of rotatable bonds is 6. The molecular formula is C17H13BrN2O4. The van der Waals surface area contributed by atoms with Gasteiger partial charge in [-0.15, -0.1) is 0 Å². The van der Waals surface area contributed by atoms with Crippen LogP contribution in [0.4, 0.5) is 0 Å². The molecule has 0 fully saturated rings. The lowest BCUT2D eigenvalue weighted by Crippen LogP contribution is -2.04. The minimum Gasteiger partial charge on any atom is -0.493 e. The second-order valence-electron chi connectivity index (χ2n) is 4.40. The third-order valence-electron chi connectivity index (χ3n) is 2.83. The van der Waals surface area contributed by atoms with Crippen LogP contribution in [0.5, 0.6) is 17.2 Å². The van der Waals surface area contributed by atoms with E-state index in [2.05, 4.69) is 20.9 Å². The Kier molecular flexibility index (Phi) is 6.34. The zero-order valence-corrected chi connectivity index (χ0v) is 14.3. The molecule has 0 aliphatic carbocycles. The van der Waals surface area contributed by atoms with Gasteiger partial charge in [0.25, 0.3) is 0 Å². The molecule has 1 aromatic carbocycles. The Morgan fingerprint density at radius 2 is 2.17 bits per heavy atom. The number of nitrogens with zero attached hydrogens (tertiary/aromatic N) is 2. The fraction of sp³-hybridized carbons (Fsp3) is 0.118. The van der Waals surface area contributed by atoms with Crippen molar-refractivity contribution in [2.24, 2.45) is 0 Å². The van der Waals surface area contributed by atoms with Gasteiger partial charge in [0, 0.05) is 12.3 Å². The van der Waals surface area contributed by atoms with Gasteiger partial charge in [0.1, 0.15) is 10.7 Å². The van der Waals surface area contributed by atoms with Crippen molar-refractivity contribution in [2.75, 3.05) is 13.7 Å². The van der Waals surface area contributed by atoms with Crippen LogP contribution in [0.25, 0.3) is 6.08 Å². The topological polar surface area (TPSA) is 81.4 Å². The standard InChI is InChI=1S/C17H13BrN2O4/c1-22-15-11-12(4-6-13(15)23-10-8-19)5-7-16(21)24-14-3-2-9-20-17(14)18/h2-7,9,11H,10H2,1H3. The predicted molar refractivity (Wildman–Crippen MR) is 90.7 cm³/mol. The molecule has 0 unspecified atom stereocenters. The SMILES string of the molecule is COc1cc(C=CC(=O)Oc2cccnc2Br)ccc1OCC#N. The van der Waals surface area contributed by atoms with Gasteiger partial charge in [0.2, 0.25) is 0 Å². The number of pyridine rings is 1. The minimum absolute atomic E-state index is 0.0716. The molecule has 6 nitrogen and oxygen atoms in total. The highest BCUT2D eigenvalue weighted by molar-refractivity contribution is 9.10. The molecule has 2 rings (SSSR count). The van der Waals surface area contributed by atoms with Crippen LogP contribution in [-0.2, 0) is 4.79 Å². The van der Waals surface area contributed by atoms with E-state index in [9.17, 15) is 4.79 Å². The van der Waals surface area contributed by atoms with E-state index in [4.69, 9.17) is 19.5 Å². The summed E-state index contributed by atoms with van der Waals surface area (Å²) in [7, 11) is 1.50. The lowest BCUT2D eigenvalue weighted by Gasteiger charge is -2.08. The maximum absolute atomic E-state index is 11.9. The number of ether oxygens (including phenoxy) is 3. The molecule has 122 valence electrons. The summed E-state index contributed by atoms with van der Waals surface area (Å²) in [5, 5.41) is 8.55. The monoisotopic (exact) mass is 388 g/mol. The summed E-state index contributed by atoms with van der Waals surface area (Å²) in [6.45, 7) is -0.0716. The molecule has 0 saturated heterocycles. The highest BCUT2D eigenvalue weighted by Gasteiger charge is 2.07. The molecule has 0 amide bonds. The number of nitriles is 1. The van der Waals surface area contributed by atoms with Crippen molar-refractivity contribution in [3.63, 3.8) is 0 Å². The van der Waals surface area contributed by atoms with Gasteiger partial charge in [-0.3, -0.25) is 0 Å². The van der Waals surface area contributed by atoms with Gasteiger partial charge in [0.15, 0.2) is 23.9 Å². The van der Waals surface area contributed by atoms with Crippen LogP contribution in [0.2, 0.25) is 0 Å². The Morgan fingerprint density at radius 3 is 2.88 bits per heavy atom. The molecule has 1 aromatic heterocycles. The highest BCUT2D eigenvalue weighted by atomic mass is 79.9. The molecule has 0 aliphatic heterocycles. The van der Waals surface area contributed by atoms with E-state index in [0.717, 1.165) is 5.56 Å². The molecule has 7 heteroatoms. The van der Waals surface area contributed by atoms with Crippen molar-refractivity contribution in [3.05, 3.63) is 52.8 Å². The minimum atomic E-state index is -0.535. The van der Waals surface area contributed by atoms with Crippen LogP contribution in [0.1, 0.15) is 5.56 Å². The molecule has 0 aliphatic rings. The third kappa shape index (κ3) is 4.83. The number of methoxy groups -OCH3 is 1. The molecule has 0 radical (unpaired) electrons. The normalized spacial score (nSPS) is 10.2. The zero-order chi connectivity index (χ0) is 17.4. The Balaban J connectivity index is 2.07. The first-order chi connectivity index (χ1) is 11.6. The molecular weight excluding hydrogens is 376 g/mol. The summed E-state index contributed by atoms with van der Waals surface area (Å²) in [5.41, 5.74) is 0.721. The van der Waals surface area contributed by atoms with E-state index in [1.165, 1.54) is 13.2 Å². The van der Waals surface area contributed by atoms with Crippen molar-refractivity contribution >= 4 is 28.0 Å². The van der Waals surface area contributed by atoms with E-state index in [-0.39, 0.29) is 6.61 Å². The highest BCUT2D eigenvalue weighted by Crippen LogP contribution is 2.28. The molecule has 1 heterocycles.